The van der Waals surface area contributed by atoms with Crippen LogP contribution in [-0.4, -0.2) is 156 Å². The largest absolute Gasteiger partial charge is 0.496 e. The molecule has 34 nitrogen and oxygen atoms in total. The zero-order chi connectivity index (χ0) is 69.4. The molecule has 4 rings (SSSR count). The Bertz CT molecular complexity index is 3400. The third-order valence-electron chi connectivity index (χ3n) is 13.9. The molecule has 0 spiro atoms. The number of hydrogen-bond donors (Lipinski definition) is 21. The van der Waals surface area contributed by atoms with E-state index in [0.717, 1.165) is 0 Å². The van der Waals surface area contributed by atoms with E-state index in [2.05, 4.69) is 63.8 Å². The van der Waals surface area contributed by atoms with Gasteiger partial charge in [-0.05, 0) is 138 Å². The molecule has 0 saturated heterocycles. The molecular weight excluding hydrogens is 1220 g/mol. The summed E-state index contributed by atoms with van der Waals surface area (Å²) in [6, 6.07) is 11.9. The lowest BCUT2D eigenvalue weighted by molar-refractivity contribution is -0.126. The Kier molecular flexibility index (Phi) is 30.4. The Morgan fingerprint density at radius 2 is 0.670 bits per heavy atom. The Morgan fingerprint density at radius 3 is 0.989 bits per heavy atom. The second kappa shape index (κ2) is 38.2. The third kappa shape index (κ3) is 25.0. The van der Waals surface area contributed by atoms with E-state index < -0.39 is 71.4 Å². The highest BCUT2D eigenvalue weighted by molar-refractivity contribution is 6.08. The van der Waals surface area contributed by atoms with Gasteiger partial charge < -0.3 is 111 Å². The summed E-state index contributed by atoms with van der Waals surface area (Å²) in [5.41, 5.74) is 27.3. The molecule has 0 aliphatic carbocycles. The highest BCUT2D eigenvalue weighted by Crippen LogP contribution is 2.28. The van der Waals surface area contributed by atoms with E-state index in [0.29, 0.717) is 38.8 Å². The Balaban J connectivity index is 1.58. The van der Waals surface area contributed by atoms with Crippen molar-refractivity contribution in [1.29, 1.82) is 21.6 Å². The van der Waals surface area contributed by atoms with Gasteiger partial charge in [-0.1, -0.05) is 0 Å². The van der Waals surface area contributed by atoms with Crippen LogP contribution in [0.2, 0.25) is 0 Å². The highest BCUT2D eigenvalue weighted by Gasteiger charge is 2.29. The Morgan fingerprint density at radius 1 is 0.383 bits per heavy atom. The summed E-state index contributed by atoms with van der Waals surface area (Å²) in [5.74, 6) is -7.25. The Labute approximate surface area is 542 Å². The first-order valence-corrected chi connectivity index (χ1v) is 29.6. The van der Waals surface area contributed by atoms with E-state index in [4.69, 9.17) is 69.3 Å². The number of carbonyl (C=O) groups is 9. The number of nitrogens with two attached hydrogens (primary N) is 5. The number of rotatable bonds is 38. The van der Waals surface area contributed by atoms with Crippen molar-refractivity contribution in [3.63, 3.8) is 0 Å². The summed E-state index contributed by atoms with van der Waals surface area (Å²) in [6.45, 7) is 2.43. The van der Waals surface area contributed by atoms with Gasteiger partial charge >= 0.3 is 0 Å². The molecule has 0 radical (unpaired) electrons. The molecule has 508 valence electrons. The van der Waals surface area contributed by atoms with Crippen LogP contribution in [-0.2, 0) is 24.0 Å². The number of benzene rings is 4. The van der Waals surface area contributed by atoms with Crippen LogP contribution in [0, 0.1) is 21.6 Å². The number of guanidine groups is 4. The second-order valence-electron chi connectivity index (χ2n) is 20.9. The summed E-state index contributed by atoms with van der Waals surface area (Å²) in [5, 5.41) is 62.1. The van der Waals surface area contributed by atoms with Crippen LogP contribution in [0.25, 0.3) is 0 Å². The molecule has 0 heterocycles. The van der Waals surface area contributed by atoms with Gasteiger partial charge in [0.1, 0.15) is 47.2 Å². The van der Waals surface area contributed by atoms with Crippen LogP contribution in [0.15, 0.2) is 72.8 Å². The molecule has 34 heteroatoms. The second-order valence-corrected chi connectivity index (χ2v) is 20.9. The summed E-state index contributed by atoms with van der Waals surface area (Å²) in [6.07, 6.45) is 2.35. The van der Waals surface area contributed by atoms with Gasteiger partial charge in [0.25, 0.3) is 23.6 Å². The first-order valence-electron chi connectivity index (χ1n) is 29.6. The summed E-state index contributed by atoms with van der Waals surface area (Å²) in [4.78, 5) is 123. The number of hydrogen-bond acceptors (Lipinski definition) is 17. The van der Waals surface area contributed by atoms with Crippen LogP contribution in [0.1, 0.15) is 113 Å². The van der Waals surface area contributed by atoms with Crippen molar-refractivity contribution >= 4 is 99.8 Å². The summed E-state index contributed by atoms with van der Waals surface area (Å²) in [7, 11) is 5.26. The SMILES string of the molecule is COc1ccc(NC(=O)[C@@H](CCCCNC(=N)N)NC(=O)c2cc(NC(=O)[C@@H](CCCNC(=N)N)NC(=O)c3cc(NC(=O)[C@@H](CCCNC(=N)N)NC(=O)c4cc(NC(=O)[C@@H](C)NC(=O)CCCCNC(=N)N)ccc4OC)ccc3OC)ccc2OC)cc1C(N)=O. The number of methoxy groups -OCH3 is 4. The smallest absolute Gasteiger partial charge is 0.255 e. The van der Waals surface area contributed by atoms with Crippen LogP contribution < -0.4 is 111 Å². The number of nitrogens with one attached hydrogen (secondary N) is 16. The molecule has 4 aromatic rings. The van der Waals surface area contributed by atoms with Crippen LogP contribution in [0.5, 0.6) is 23.0 Å². The third-order valence-corrected chi connectivity index (χ3v) is 13.9. The van der Waals surface area contributed by atoms with Gasteiger partial charge in [0.2, 0.25) is 29.5 Å². The van der Waals surface area contributed by atoms with Crippen LogP contribution >= 0.6 is 0 Å². The van der Waals surface area contributed by atoms with Crippen molar-refractivity contribution < 1.29 is 62.1 Å². The predicted octanol–water partition coefficient (Wildman–Crippen LogP) is 0.308. The fourth-order valence-corrected chi connectivity index (χ4v) is 9.09. The Hall–Kier alpha value is -11.6. The maximum absolute atomic E-state index is 14.4. The number of amides is 9. The molecule has 0 unspecified atom stereocenters. The van der Waals surface area contributed by atoms with Crippen molar-refractivity contribution in [3.8, 4) is 23.0 Å². The molecule has 0 aliphatic heterocycles. The minimum Gasteiger partial charge on any atom is -0.496 e. The number of primary amides is 1. The van der Waals surface area contributed by atoms with Gasteiger partial charge in [0, 0.05) is 55.3 Å². The molecule has 0 saturated carbocycles. The monoisotopic (exact) mass is 1310 g/mol. The molecule has 94 heavy (non-hydrogen) atoms. The standard InChI is InChI=1S/C60H85N21O13/c1-32(74-48(82)15-7-9-25-71-58(64)65)50(84)75-34-17-21-45(92-3)38(29-34)52(86)80-42(13-10-26-72-59(66)67)55(89)78-36-19-23-47(94-5)40(31-36)53(87)81-43(14-11-27-73-60(68)69)56(90)77-35-18-22-46(93-4)39(30-35)51(85)79-41(12-6-8-24-70-57(62)63)54(88)76-33-16-20-44(91-2)37(28-33)49(61)83/h16-23,28-32,41-43H,6-15,24-27H2,1-5H3,(H2,61,83)(H,74,82)(H,75,84)(H,76,88)(H,77,90)(H,78,89)(H,79,85)(H,80,86)(H,81,87)(H4,62,63,70)(H4,64,65,71)(H4,66,67,72)(H4,68,69,73)/t32-,41-,42-,43-/m1/s1. The lowest BCUT2D eigenvalue weighted by Gasteiger charge is -2.22. The quantitative estimate of drug-likeness (QED) is 0.0163. The number of anilines is 4. The average molecular weight is 1310 g/mol. The van der Waals surface area contributed by atoms with Crippen molar-refractivity contribution in [3.05, 3.63) is 95.1 Å². The van der Waals surface area contributed by atoms with Crippen molar-refractivity contribution in [1.82, 2.24) is 42.5 Å². The molecule has 0 fully saturated rings. The van der Waals surface area contributed by atoms with Crippen LogP contribution in [0.4, 0.5) is 22.7 Å². The van der Waals surface area contributed by atoms with E-state index in [1.165, 1.54) is 108 Å². The zero-order valence-electron chi connectivity index (χ0n) is 52.8. The topological polar surface area (TPSA) is 560 Å². The van der Waals surface area contributed by atoms with Crippen molar-refractivity contribution in [2.75, 3.05) is 75.9 Å². The van der Waals surface area contributed by atoms with Gasteiger partial charge in [-0.15, -0.1) is 0 Å². The molecule has 0 bridgehead atoms. The van der Waals surface area contributed by atoms with Gasteiger partial charge in [-0.25, -0.2) is 0 Å². The fraction of sp³-hybridized carbons (Fsp3) is 0.383. The minimum atomic E-state index is -1.33. The molecule has 4 aromatic carbocycles. The molecule has 4 atom stereocenters. The van der Waals surface area contributed by atoms with E-state index >= 15 is 0 Å². The van der Waals surface area contributed by atoms with Crippen molar-refractivity contribution in [2.24, 2.45) is 28.7 Å². The number of ether oxygens (including phenoxy) is 4. The first-order chi connectivity index (χ1) is 44.8. The summed E-state index contributed by atoms with van der Waals surface area (Å²) >= 11 is 0. The van der Waals surface area contributed by atoms with E-state index in [9.17, 15) is 43.2 Å². The molecular formula is C60H85N21O13. The molecule has 9 amide bonds. The van der Waals surface area contributed by atoms with Gasteiger partial charge in [0.05, 0.1) is 50.7 Å². The molecule has 0 aromatic heterocycles. The fourth-order valence-electron chi connectivity index (χ4n) is 9.09. The average Bonchev–Trinajstić information content (AvgIpc) is 0.859. The van der Waals surface area contributed by atoms with Crippen molar-refractivity contribution in [2.45, 2.75) is 95.3 Å². The lowest BCUT2D eigenvalue weighted by atomic mass is 10.1. The minimum absolute atomic E-state index is 0.00916. The number of unbranched alkanes of at least 4 members (excludes halogenated alkanes) is 2. The highest BCUT2D eigenvalue weighted by atomic mass is 16.5. The van der Waals surface area contributed by atoms with Crippen LogP contribution in [0.3, 0.4) is 0 Å². The van der Waals surface area contributed by atoms with E-state index in [1.807, 2.05) is 0 Å². The van der Waals surface area contributed by atoms with Gasteiger partial charge in [-0.2, -0.15) is 0 Å². The maximum Gasteiger partial charge on any atom is 0.255 e. The zero-order valence-corrected chi connectivity index (χ0v) is 52.8. The van der Waals surface area contributed by atoms with Gasteiger partial charge in [-0.3, -0.25) is 64.8 Å². The predicted molar refractivity (Wildman–Crippen MR) is 352 cm³/mol. The molecule has 0 aliphatic rings. The van der Waals surface area contributed by atoms with E-state index in [-0.39, 0.29) is 149 Å². The lowest BCUT2D eigenvalue weighted by Crippen LogP contribution is -2.45. The van der Waals surface area contributed by atoms with E-state index in [1.54, 1.807) is 0 Å². The molecule has 26 N–H and O–H groups in total. The maximum atomic E-state index is 14.4. The number of carbonyl (C=O) groups excluding carboxylic acids is 9. The van der Waals surface area contributed by atoms with Gasteiger partial charge in [0.15, 0.2) is 23.8 Å². The first kappa shape index (κ1) is 74.9. The normalized spacial score (nSPS) is 11.8. The summed E-state index contributed by atoms with van der Waals surface area (Å²) < 4.78 is 21.7.